The van der Waals surface area contributed by atoms with Crippen molar-refractivity contribution in [3.63, 3.8) is 0 Å². The summed E-state index contributed by atoms with van der Waals surface area (Å²) in [6.07, 6.45) is 2.46. The number of hydrogen-bond acceptors (Lipinski definition) is 2. The first-order chi connectivity index (χ1) is 7.29. The van der Waals surface area contributed by atoms with Crippen molar-refractivity contribution in [1.82, 2.24) is 0 Å². The summed E-state index contributed by atoms with van der Waals surface area (Å²) in [7, 11) is 0. The first-order valence-electron chi connectivity index (χ1n) is 5.06. The Morgan fingerprint density at radius 2 is 2.27 bits per heavy atom. The third-order valence-corrected chi connectivity index (χ3v) is 2.50. The van der Waals surface area contributed by atoms with E-state index in [1.165, 1.54) is 31.0 Å². The van der Waals surface area contributed by atoms with Crippen molar-refractivity contribution in [2.75, 3.05) is 6.61 Å². The number of hydrogen-bond donors (Lipinski definition) is 0. The number of nitrogens with zero attached hydrogens (tertiary/aromatic N) is 1. The van der Waals surface area contributed by atoms with Crippen LogP contribution in [0.4, 0.5) is 4.39 Å². The highest BCUT2D eigenvalue weighted by atomic mass is 19.1. The lowest BCUT2D eigenvalue weighted by Crippen LogP contribution is -1.99. The highest BCUT2D eigenvalue weighted by Gasteiger charge is 2.21. The number of ether oxygens (including phenoxy) is 1. The molecule has 1 aliphatic rings. The van der Waals surface area contributed by atoms with Crippen molar-refractivity contribution in [1.29, 1.82) is 5.26 Å². The number of nitriles is 1. The normalized spacial score (nSPS) is 14.9. The maximum absolute atomic E-state index is 12.9. The van der Waals surface area contributed by atoms with Gasteiger partial charge in [-0.2, -0.15) is 5.26 Å². The highest BCUT2D eigenvalue weighted by molar-refractivity contribution is 5.37. The molecule has 2 rings (SSSR count). The van der Waals surface area contributed by atoms with Crippen LogP contribution in [0, 0.1) is 23.1 Å². The van der Waals surface area contributed by atoms with Crippen molar-refractivity contribution in [2.24, 2.45) is 5.92 Å². The van der Waals surface area contributed by atoms with Gasteiger partial charge >= 0.3 is 0 Å². The fourth-order valence-corrected chi connectivity index (χ4v) is 1.41. The average molecular weight is 205 g/mol. The third kappa shape index (κ3) is 2.77. The van der Waals surface area contributed by atoms with Gasteiger partial charge in [0.05, 0.1) is 18.2 Å². The second-order valence-electron chi connectivity index (χ2n) is 3.87. The summed E-state index contributed by atoms with van der Waals surface area (Å²) in [5.41, 5.74) is 1.13. The zero-order valence-electron chi connectivity index (χ0n) is 8.37. The molecule has 0 N–H and O–H groups in total. The Morgan fingerprint density at radius 1 is 1.47 bits per heavy atom. The summed E-state index contributed by atoms with van der Waals surface area (Å²) < 4.78 is 18.3. The van der Waals surface area contributed by atoms with E-state index < -0.39 is 0 Å². The van der Waals surface area contributed by atoms with Crippen LogP contribution in [0.2, 0.25) is 0 Å². The Labute approximate surface area is 88.3 Å². The molecule has 0 unspecified atom stereocenters. The lowest BCUT2D eigenvalue weighted by molar-refractivity contribution is 0.111. The minimum atomic E-state index is -0.320. The first kappa shape index (κ1) is 10.1. The molecular weight excluding hydrogens is 193 g/mol. The van der Waals surface area contributed by atoms with Crippen molar-refractivity contribution in [3.8, 4) is 6.07 Å². The predicted molar refractivity (Wildman–Crippen MR) is 53.5 cm³/mol. The Balaban J connectivity index is 1.98. The monoisotopic (exact) mass is 205 g/mol. The molecule has 0 spiro atoms. The fourth-order valence-electron chi connectivity index (χ4n) is 1.41. The molecular formula is C12H12FNO. The van der Waals surface area contributed by atoms with E-state index in [4.69, 9.17) is 10.00 Å². The average Bonchev–Trinajstić information content (AvgIpc) is 3.02. The largest absolute Gasteiger partial charge is 0.376 e. The SMILES string of the molecule is N#Cc1ccc(F)cc1COCC1CC1. The zero-order valence-corrected chi connectivity index (χ0v) is 8.37. The summed E-state index contributed by atoms with van der Waals surface area (Å²) in [5.74, 6) is 0.364. The molecule has 0 heterocycles. The molecule has 0 aromatic heterocycles. The molecule has 0 saturated heterocycles. The summed E-state index contributed by atoms with van der Waals surface area (Å²) in [6, 6.07) is 6.18. The molecule has 0 bridgehead atoms. The highest BCUT2D eigenvalue weighted by Crippen LogP contribution is 2.29. The Kier molecular flexibility index (Phi) is 2.98. The summed E-state index contributed by atoms with van der Waals surface area (Å²) in [5, 5.41) is 8.80. The first-order valence-corrected chi connectivity index (χ1v) is 5.06. The van der Waals surface area contributed by atoms with Gasteiger partial charge in [-0.25, -0.2) is 4.39 Å². The molecule has 1 saturated carbocycles. The molecule has 1 aromatic rings. The number of benzene rings is 1. The maximum Gasteiger partial charge on any atom is 0.123 e. The van der Waals surface area contributed by atoms with Crippen LogP contribution in [0.1, 0.15) is 24.0 Å². The van der Waals surface area contributed by atoms with E-state index in [1.54, 1.807) is 0 Å². The van der Waals surface area contributed by atoms with Crippen LogP contribution < -0.4 is 0 Å². The molecule has 0 atom stereocenters. The van der Waals surface area contributed by atoms with Gasteiger partial charge in [-0.3, -0.25) is 0 Å². The molecule has 1 aliphatic carbocycles. The van der Waals surface area contributed by atoms with Crippen LogP contribution in [0.15, 0.2) is 18.2 Å². The topological polar surface area (TPSA) is 33.0 Å². The van der Waals surface area contributed by atoms with E-state index in [0.717, 1.165) is 6.61 Å². The summed E-state index contributed by atoms with van der Waals surface area (Å²) in [4.78, 5) is 0. The summed E-state index contributed by atoms with van der Waals surface area (Å²) >= 11 is 0. The van der Waals surface area contributed by atoms with Crippen LogP contribution in [0.25, 0.3) is 0 Å². The molecule has 0 radical (unpaired) electrons. The van der Waals surface area contributed by atoms with Crippen molar-refractivity contribution in [3.05, 3.63) is 35.1 Å². The lowest BCUT2D eigenvalue weighted by atomic mass is 10.1. The molecule has 0 aliphatic heterocycles. The molecule has 0 amide bonds. The number of halogens is 1. The van der Waals surface area contributed by atoms with E-state index in [-0.39, 0.29) is 5.82 Å². The minimum absolute atomic E-state index is 0.320. The molecule has 3 heteroatoms. The van der Waals surface area contributed by atoms with E-state index in [2.05, 4.69) is 0 Å². The van der Waals surface area contributed by atoms with Crippen LogP contribution in [-0.4, -0.2) is 6.61 Å². The van der Waals surface area contributed by atoms with E-state index >= 15 is 0 Å². The number of rotatable bonds is 4. The van der Waals surface area contributed by atoms with E-state index in [1.807, 2.05) is 6.07 Å². The quantitative estimate of drug-likeness (QED) is 0.757. The molecule has 2 nitrogen and oxygen atoms in total. The maximum atomic E-state index is 12.9. The second-order valence-corrected chi connectivity index (χ2v) is 3.87. The van der Waals surface area contributed by atoms with Crippen molar-refractivity contribution < 1.29 is 9.13 Å². The van der Waals surface area contributed by atoms with Crippen LogP contribution >= 0.6 is 0 Å². The molecule has 1 fully saturated rings. The van der Waals surface area contributed by atoms with Gasteiger partial charge in [-0.1, -0.05) is 0 Å². The Bertz CT molecular complexity index is 393. The van der Waals surface area contributed by atoms with Gasteiger partial charge in [-0.05, 0) is 42.5 Å². The fraction of sp³-hybridized carbons (Fsp3) is 0.417. The van der Waals surface area contributed by atoms with Crippen LogP contribution in [0.5, 0.6) is 0 Å². The van der Waals surface area contributed by atoms with Gasteiger partial charge in [0.1, 0.15) is 5.82 Å². The van der Waals surface area contributed by atoms with Gasteiger partial charge in [0.2, 0.25) is 0 Å². The minimum Gasteiger partial charge on any atom is -0.376 e. The second kappa shape index (κ2) is 4.41. The lowest BCUT2D eigenvalue weighted by Gasteiger charge is -2.05. The van der Waals surface area contributed by atoms with E-state index in [9.17, 15) is 4.39 Å². The van der Waals surface area contributed by atoms with Gasteiger partial charge in [0, 0.05) is 6.61 Å². The smallest absolute Gasteiger partial charge is 0.123 e. The van der Waals surface area contributed by atoms with Crippen LogP contribution in [0.3, 0.4) is 0 Å². The van der Waals surface area contributed by atoms with Crippen molar-refractivity contribution >= 4 is 0 Å². The van der Waals surface area contributed by atoms with Gasteiger partial charge in [-0.15, -0.1) is 0 Å². The summed E-state index contributed by atoms with van der Waals surface area (Å²) in [6.45, 7) is 1.05. The Morgan fingerprint density at radius 3 is 2.93 bits per heavy atom. The third-order valence-electron chi connectivity index (χ3n) is 2.50. The molecule has 1 aromatic carbocycles. The van der Waals surface area contributed by atoms with Crippen molar-refractivity contribution in [2.45, 2.75) is 19.4 Å². The van der Waals surface area contributed by atoms with E-state index in [0.29, 0.717) is 23.7 Å². The van der Waals surface area contributed by atoms with Gasteiger partial charge < -0.3 is 4.74 Å². The van der Waals surface area contributed by atoms with Gasteiger partial charge in [0.25, 0.3) is 0 Å². The molecule has 15 heavy (non-hydrogen) atoms. The standard InChI is InChI=1S/C12H12FNO/c13-12-4-3-10(6-14)11(5-12)8-15-7-9-1-2-9/h3-5,9H,1-2,7-8H2. The van der Waals surface area contributed by atoms with Crippen LogP contribution in [-0.2, 0) is 11.3 Å². The molecule has 78 valence electrons. The van der Waals surface area contributed by atoms with Gasteiger partial charge in [0.15, 0.2) is 0 Å². The predicted octanol–water partition coefficient (Wildman–Crippen LogP) is 2.62. The zero-order chi connectivity index (χ0) is 10.7. The Hall–Kier alpha value is -1.40.